The minimum absolute atomic E-state index is 0.186. The van der Waals surface area contributed by atoms with Crippen LogP contribution in [0.2, 0.25) is 0 Å². The quantitative estimate of drug-likeness (QED) is 0.604. The summed E-state index contributed by atoms with van der Waals surface area (Å²) in [4.78, 5) is 4.11. The molecule has 0 aliphatic heterocycles. The lowest BCUT2D eigenvalue weighted by atomic mass is 10.0. The fourth-order valence-corrected chi connectivity index (χ4v) is 1.68. The Kier molecular flexibility index (Phi) is 3.46. The molecule has 17 heavy (non-hydrogen) atoms. The number of nitrogens with two attached hydrogens (primary N) is 1. The molecule has 0 radical (unpaired) electrons. The first-order chi connectivity index (χ1) is 8.20. The number of aryl methyl sites for hydroxylation is 1. The molecule has 1 unspecified atom stereocenters. The predicted molar refractivity (Wildman–Crippen MR) is 61.2 cm³/mol. The molecular formula is C11H14FN5. The fraction of sp³-hybridized carbons (Fsp3) is 0.273. The fourth-order valence-electron chi connectivity index (χ4n) is 1.68. The average molecular weight is 235 g/mol. The smallest absolute Gasteiger partial charge is 0.138 e. The third-order valence-corrected chi connectivity index (χ3v) is 2.64. The molecule has 2 rings (SSSR count). The van der Waals surface area contributed by atoms with Gasteiger partial charge in [-0.1, -0.05) is 12.1 Å². The molecule has 1 aromatic heterocycles. The van der Waals surface area contributed by atoms with Crippen molar-refractivity contribution in [2.45, 2.75) is 12.5 Å². The Bertz CT molecular complexity index is 496. The van der Waals surface area contributed by atoms with Gasteiger partial charge in [0.15, 0.2) is 0 Å². The van der Waals surface area contributed by atoms with Crippen molar-refractivity contribution in [3.8, 4) is 0 Å². The van der Waals surface area contributed by atoms with Gasteiger partial charge in [0, 0.05) is 13.5 Å². The summed E-state index contributed by atoms with van der Waals surface area (Å²) >= 11 is 0. The Morgan fingerprint density at radius 3 is 2.94 bits per heavy atom. The highest BCUT2D eigenvalue weighted by molar-refractivity contribution is 5.21. The Morgan fingerprint density at radius 1 is 1.53 bits per heavy atom. The molecule has 0 spiro atoms. The van der Waals surface area contributed by atoms with E-state index >= 15 is 0 Å². The molecule has 0 bridgehead atoms. The minimum atomic E-state index is -0.277. The minimum Gasteiger partial charge on any atom is -0.271 e. The molecular weight excluding hydrogens is 221 g/mol. The molecule has 5 nitrogen and oxygen atoms in total. The third-order valence-electron chi connectivity index (χ3n) is 2.64. The predicted octanol–water partition coefficient (Wildman–Crippen LogP) is 0.701. The van der Waals surface area contributed by atoms with E-state index in [-0.39, 0.29) is 11.9 Å². The first kappa shape index (κ1) is 11.7. The van der Waals surface area contributed by atoms with E-state index in [0.717, 1.165) is 11.4 Å². The highest BCUT2D eigenvalue weighted by Gasteiger charge is 2.14. The maximum Gasteiger partial charge on any atom is 0.138 e. The van der Waals surface area contributed by atoms with Crippen LogP contribution in [0.5, 0.6) is 0 Å². The molecule has 0 saturated heterocycles. The first-order valence-corrected chi connectivity index (χ1v) is 5.25. The van der Waals surface area contributed by atoms with E-state index in [1.807, 2.05) is 13.1 Å². The van der Waals surface area contributed by atoms with Crippen LogP contribution in [0.25, 0.3) is 0 Å². The molecule has 1 heterocycles. The second-order valence-electron chi connectivity index (χ2n) is 3.78. The highest BCUT2D eigenvalue weighted by Crippen LogP contribution is 2.17. The van der Waals surface area contributed by atoms with Gasteiger partial charge < -0.3 is 0 Å². The number of nitrogens with one attached hydrogen (secondary N) is 1. The van der Waals surface area contributed by atoms with E-state index in [0.29, 0.717) is 6.42 Å². The number of halogens is 1. The van der Waals surface area contributed by atoms with Crippen LogP contribution in [0.3, 0.4) is 0 Å². The number of hydrogen-bond acceptors (Lipinski definition) is 4. The molecule has 0 saturated carbocycles. The van der Waals surface area contributed by atoms with Gasteiger partial charge >= 0.3 is 0 Å². The highest BCUT2D eigenvalue weighted by atomic mass is 19.1. The second-order valence-corrected chi connectivity index (χ2v) is 3.78. The zero-order valence-electron chi connectivity index (χ0n) is 9.47. The summed E-state index contributed by atoms with van der Waals surface area (Å²) in [5.74, 6) is 6.00. The SMILES string of the molecule is Cn1ncnc1CC(NN)c1cccc(F)c1. The lowest BCUT2D eigenvalue weighted by molar-refractivity contribution is 0.518. The molecule has 1 aromatic carbocycles. The molecule has 90 valence electrons. The van der Waals surface area contributed by atoms with Crippen molar-refractivity contribution in [2.24, 2.45) is 12.9 Å². The van der Waals surface area contributed by atoms with Crippen molar-refractivity contribution in [1.29, 1.82) is 0 Å². The Balaban J connectivity index is 2.20. The summed E-state index contributed by atoms with van der Waals surface area (Å²) in [7, 11) is 1.81. The summed E-state index contributed by atoms with van der Waals surface area (Å²) in [5.41, 5.74) is 3.45. The van der Waals surface area contributed by atoms with E-state index in [4.69, 9.17) is 5.84 Å². The second kappa shape index (κ2) is 5.03. The number of benzene rings is 1. The number of rotatable bonds is 4. The van der Waals surface area contributed by atoms with Crippen molar-refractivity contribution >= 4 is 0 Å². The monoisotopic (exact) mass is 235 g/mol. The van der Waals surface area contributed by atoms with Crippen LogP contribution in [0.15, 0.2) is 30.6 Å². The van der Waals surface area contributed by atoms with Crippen LogP contribution >= 0.6 is 0 Å². The maximum absolute atomic E-state index is 13.1. The molecule has 6 heteroatoms. The molecule has 1 atom stereocenters. The summed E-state index contributed by atoms with van der Waals surface area (Å²) in [6.07, 6.45) is 2.03. The number of hydrazine groups is 1. The van der Waals surface area contributed by atoms with Gasteiger partial charge in [-0.15, -0.1) is 0 Å². The van der Waals surface area contributed by atoms with Crippen LogP contribution < -0.4 is 11.3 Å². The van der Waals surface area contributed by atoms with Gasteiger partial charge in [0.1, 0.15) is 18.0 Å². The summed E-state index contributed by atoms with van der Waals surface area (Å²) < 4.78 is 14.8. The van der Waals surface area contributed by atoms with Gasteiger partial charge in [-0.05, 0) is 17.7 Å². The maximum atomic E-state index is 13.1. The molecule has 0 aliphatic rings. The Hall–Kier alpha value is -1.79. The van der Waals surface area contributed by atoms with E-state index in [1.165, 1.54) is 18.5 Å². The van der Waals surface area contributed by atoms with Crippen LogP contribution in [0.4, 0.5) is 4.39 Å². The van der Waals surface area contributed by atoms with E-state index in [1.54, 1.807) is 10.7 Å². The van der Waals surface area contributed by atoms with Crippen molar-refractivity contribution in [3.05, 3.63) is 47.8 Å². The van der Waals surface area contributed by atoms with E-state index in [9.17, 15) is 4.39 Å². The van der Waals surface area contributed by atoms with Gasteiger partial charge in [-0.25, -0.2) is 9.37 Å². The molecule has 3 N–H and O–H groups in total. The van der Waals surface area contributed by atoms with E-state index in [2.05, 4.69) is 15.5 Å². The van der Waals surface area contributed by atoms with Crippen LogP contribution in [-0.4, -0.2) is 14.8 Å². The Morgan fingerprint density at radius 2 is 2.35 bits per heavy atom. The molecule has 2 aromatic rings. The lowest BCUT2D eigenvalue weighted by Gasteiger charge is -2.15. The van der Waals surface area contributed by atoms with Crippen LogP contribution in [-0.2, 0) is 13.5 Å². The topological polar surface area (TPSA) is 68.8 Å². The molecule has 0 aliphatic carbocycles. The summed E-state index contributed by atoms with van der Waals surface area (Å²) in [6, 6.07) is 6.16. The number of aromatic nitrogens is 3. The zero-order valence-corrected chi connectivity index (χ0v) is 9.47. The lowest BCUT2D eigenvalue weighted by Crippen LogP contribution is -2.30. The van der Waals surface area contributed by atoms with E-state index < -0.39 is 0 Å². The normalized spacial score (nSPS) is 12.6. The van der Waals surface area contributed by atoms with Crippen LogP contribution in [0.1, 0.15) is 17.4 Å². The summed E-state index contributed by atoms with van der Waals surface area (Å²) in [5, 5.41) is 3.98. The van der Waals surface area contributed by atoms with Crippen molar-refractivity contribution < 1.29 is 4.39 Å². The van der Waals surface area contributed by atoms with Crippen molar-refractivity contribution in [1.82, 2.24) is 20.2 Å². The van der Waals surface area contributed by atoms with Gasteiger partial charge in [-0.2, -0.15) is 5.10 Å². The van der Waals surface area contributed by atoms with Crippen LogP contribution in [0, 0.1) is 5.82 Å². The summed E-state index contributed by atoms with van der Waals surface area (Å²) in [6.45, 7) is 0. The van der Waals surface area contributed by atoms with Gasteiger partial charge in [-0.3, -0.25) is 16.0 Å². The first-order valence-electron chi connectivity index (χ1n) is 5.25. The largest absolute Gasteiger partial charge is 0.271 e. The Labute approximate surface area is 98.4 Å². The average Bonchev–Trinajstić information content (AvgIpc) is 2.71. The number of hydrogen-bond donors (Lipinski definition) is 2. The van der Waals surface area contributed by atoms with Crippen molar-refractivity contribution in [3.63, 3.8) is 0 Å². The van der Waals surface area contributed by atoms with Crippen molar-refractivity contribution in [2.75, 3.05) is 0 Å². The van der Waals surface area contributed by atoms with Gasteiger partial charge in [0.2, 0.25) is 0 Å². The zero-order chi connectivity index (χ0) is 12.3. The third kappa shape index (κ3) is 2.66. The molecule has 0 amide bonds. The molecule has 0 fully saturated rings. The van der Waals surface area contributed by atoms with Gasteiger partial charge in [0.25, 0.3) is 0 Å². The standard InChI is InChI=1S/C11H14FN5/c1-17-11(14-7-15-17)6-10(16-13)8-3-2-4-9(12)5-8/h2-5,7,10,16H,6,13H2,1H3. The van der Waals surface area contributed by atoms with Gasteiger partial charge in [0.05, 0.1) is 6.04 Å². The number of nitrogens with zero attached hydrogens (tertiary/aromatic N) is 3.